The first kappa shape index (κ1) is 12.8. The smallest absolute Gasteiger partial charge is 0.136 e. The van der Waals surface area contributed by atoms with Gasteiger partial charge in [-0.2, -0.15) is 0 Å². The summed E-state index contributed by atoms with van der Waals surface area (Å²) in [4.78, 5) is 12.1. The Balaban J connectivity index is 1.62. The van der Waals surface area contributed by atoms with Gasteiger partial charge in [0.15, 0.2) is 0 Å². The minimum atomic E-state index is -0.0419. The van der Waals surface area contributed by atoms with Gasteiger partial charge < -0.3 is 9.47 Å². The first-order valence-corrected chi connectivity index (χ1v) is 7.12. The lowest BCUT2D eigenvalue weighted by Crippen LogP contribution is -2.20. The van der Waals surface area contributed by atoms with Gasteiger partial charge in [-0.3, -0.25) is 4.79 Å². The fourth-order valence-corrected chi connectivity index (χ4v) is 3.00. The third kappa shape index (κ3) is 3.04. The van der Waals surface area contributed by atoms with E-state index in [1.807, 2.05) is 6.07 Å². The van der Waals surface area contributed by atoms with Crippen molar-refractivity contribution in [2.45, 2.75) is 31.8 Å². The molecule has 0 spiro atoms. The van der Waals surface area contributed by atoms with E-state index in [-0.39, 0.29) is 6.10 Å². The molecular weight excluding hydrogens is 240 g/mol. The predicted octanol–water partition coefficient (Wildman–Crippen LogP) is 2.69. The summed E-state index contributed by atoms with van der Waals surface area (Å²) < 4.78 is 11.1. The van der Waals surface area contributed by atoms with Crippen LogP contribution in [0.25, 0.3) is 0 Å². The third-order valence-corrected chi connectivity index (χ3v) is 4.05. The summed E-state index contributed by atoms with van der Waals surface area (Å²) in [5, 5.41) is 0. The standard InChI is InChI=1S/C16H20O3/c17-14(9-12-5-7-18-11-12)10-16-15-4-2-1-3-13(15)6-8-19-16/h1-4,12,16H,5-11H2. The molecule has 2 unspecified atom stereocenters. The van der Waals surface area contributed by atoms with Gasteiger partial charge in [-0.05, 0) is 29.9 Å². The van der Waals surface area contributed by atoms with Crippen molar-refractivity contribution in [3.8, 4) is 0 Å². The highest BCUT2D eigenvalue weighted by Gasteiger charge is 2.25. The molecule has 2 aliphatic rings. The molecule has 1 fully saturated rings. The molecule has 0 amide bonds. The van der Waals surface area contributed by atoms with Crippen molar-refractivity contribution in [1.82, 2.24) is 0 Å². The summed E-state index contributed by atoms with van der Waals surface area (Å²) in [6, 6.07) is 8.31. The zero-order valence-corrected chi connectivity index (χ0v) is 11.1. The van der Waals surface area contributed by atoms with Gasteiger partial charge in [0.2, 0.25) is 0 Å². The first-order valence-electron chi connectivity index (χ1n) is 7.12. The molecule has 0 aromatic heterocycles. The Labute approximate surface area is 113 Å². The van der Waals surface area contributed by atoms with Gasteiger partial charge in [0.25, 0.3) is 0 Å². The summed E-state index contributed by atoms with van der Waals surface area (Å²) in [6.45, 7) is 2.27. The van der Waals surface area contributed by atoms with Crippen molar-refractivity contribution in [3.63, 3.8) is 0 Å². The van der Waals surface area contributed by atoms with Gasteiger partial charge in [-0.15, -0.1) is 0 Å². The van der Waals surface area contributed by atoms with E-state index in [9.17, 15) is 4.79 Å². The number of hydrogen-bond donors (Lipinski definition) is 0. The Hall–Kier alpha value is -1.19. The van der Waals surface area contributed by atoms with Gasteiger partial charge in [0.05, 0.1) is 12.7 Å². The van der Waals surface area contributed by atoms with Crippen LogP contribution in [0.15, 0.2) is 24.3 Å². The molecule has 0 radical (unpaired) electrons. The van der Waals surface area contributed by atoms with Crippen LogP contribution in [0.4, 0.5) is 0 Å². The zero-order chi connectivity index (χ0) is 13.1. The fourth-order valence-electron chi connectivity index (χ4n) is 3.00. The van der Waals surface area contributed by atoms with Crippen LogP contribution in [0.3, 0.4) is 0 Å². The SMILES string of the molecule is O=C(CC1CCOC1)CC1OCCc2ccccc21. The average molecular weight is 260 g/mol. The van der Waals surface area contributed by atoms with Crippen molar-refractivity contribution in [3.05, 3.63) is 35.4 Å². The molecule has 2 atom stereocenters. The number of rotatable bonds is 4. The summed E-state index contributed by atoms with van der Waals surface area (Å²) >= 11 is 0. The van der Waals surface area contributed by atoms with Crippen molar-refractivity contribution < 1.29 is 14.3 Å². The zero-order valence-electron chi connectivity index (χ0n) is 11.1. The number of benzene rings is 1. The Kier molecular flexibility index (Phi) is 3.95. The lowest BCUT2D eigenvalue weighted by atomic mass is 9.92. The molecule has 1 saturated heterocycles. The van der Waals surface area contributed by atoms with E-state index < -0.39 is 0 Å². The van der Waals surface area contributed by atoms with Crippen LogP contribution in [0.1, 0.15) is 36.5 Å². The molecule has 1 aromatic rings. The number of ether oxygens (including phenoxy) is 2. The minimum absolute atomic E-state index is 0.0419. The van der Waals surface area contributed by atoms with E-state index in [1.165, 1.54) is 11.1 Å². The van der Waals surface area contributed by atoms with Crippen LogP contribution >= 0.6 is 0 Å². The quantitative estimate of drug-likeness (QED) is 0.835. The lowest BCUT2D eigenvalue weighted by molar-refractivity contribution is -0.123. The van der Waals surface area contributed by atoms with Crippen molar-refractivity contribution in [2.75, 3.05) is 19.8 Å². The maximum absolute atomic E-state index is 12.1. The van der Waals surface area contributed by atoms with E-state index >= 15 is 0 Å². The maximum atomic E-state index is 12.1. The molecule has 0 aliphatic carbocycles. The van der Waals surface area contributed by atoms with E-state index in [0.717, 1.165) is 32.7 Å². The van der Waals surface area contributed by atoms with E-state index in [2.05, 4.69) is 18.2 Å². The Morgan fingerprint density at radius 1 is 1.21 bits per heavy atom. The Bertz CT molecular complexity index is 449. The largest absolute Gasteiger partial charge is 0.381 e. The number of hydrogen-bond acceptors (Lipinski definition) is 3. The Morgan fingerprint density at radius 2 is 2.11 bits per heavy atom. The summed E-state index contributed by atoms with van der Waals surface area (Å²) in [7, 11) is 0. The van der Waals surface area contributed by atoms with Crippen molar-refractivity contribution in [1.29, 1.82) is 0 Å². The second kappa shape index (κ2) is 5.85. The molecule has 0 N–H and O–H groups in total. The monoisotopic (exact) mass is 260 g/mol. The van der Waals surface area contributed by atoms with E-state index in [4.69, 9.17) is 9.47 Å². The van der Waals surface area contributed by atoms with Gasteiger partial charge in [-0.25, -0.2) is 0 Å². The van der Waals surface area contributed by atoms with Gasteiger partial charge in [-0.1, -0.05) is 24.3 Å². The highest BCUT2D eigenvalue weighted by atomic mass is 16.5. The lowest BCUT2D eigenvalue weighted by Gasteiger charge is -2.25. The number of fused-ring (bicyclic) bond motifs is 1. The number of carbonyl (C=O) groups is 1. The van der Waals surface area contributed by atoms with Gasteiger partial charge >= 0.3 is 0 Å². The van der Waals surface area contributed by atoms with Gasteiger partial charge in [0, 0.05) is 26.1 Å². The first-order chi connectivity index (χ1) is 9.33. The molecule has 3 heteroatoms. The molecule has 3 nitrogen and oxygen atoms in total. The normalized spacial score (nSPS) is 26.1. The molecule has 3 rings (SSSR count). The Morgan fingerprint density at radius 3 is 2.95 bits per heavy atom. The van der Waals surface area contributed by atoms with Crippen LogP contribution in [0.5, 0.6) is 0 Å². The molecule has 0 saturated carbocycles. The summed E-state index contributed by atoms with van der Waals surface area (Å²) in [5.74, 6) is 0.725. The van der Waals surface area contributed by atoms with E-state index in [0.29, 0.717) is 24.5 Å². The predicted molar refractivity (Wildman–Crippen MR) is 72.0 cm³/mol. The number of ketones is 1. The van der Waals surface area contributed by atoms with Crippen LogP contribution in [0, 0.1) is 5.92 Å². The molecule has 2 heterocycles. The number of carbonyl (C=O) groups excluding carboxylic acids is 1. The average Bonchev–Trinajstić information content (AvgIpc) is 2.92. The molecule has 102 valence electrons. The molecule has 2 aliphatic heterocycles. The van der Waals surface area contributed by atoms with Crippen LogP contribution in [-0.4, -0.2) is 25.6 Å². The molecule has 0 bridgehead atoms. The highest BCUT2D eigenvalue weighted by Crippen LogP contribution is 2.30. The highest BCUT2D eigenvalue weighted by molar-refractivity contribution is 5.79. The number of Topliss-reactive ketones (excluding diaryl/α,β-unsaturated/α-hetero) is 1. The van der Waals surface area contributed by atoms with Crippen LogP contribution in [-0.2, 0) is 20.7 Å². The van der Waals surface area contributed by atoms with Crippen LogP contribution < -0.4 is 0 Å². The van der Waals surface area contributed by atoms with Crippen molar-refractivity contribution in [2.24, 2.45) is 5.92 Å². The second-order valence-corrected chi connectivity index (χ2v) is 5.48. The molecule has 1 aromatic carbocycles. The fraction of sp³-hybridized carbons (Fsp3) is 0.562. The summed E-state index contributed by atoms with van der Waals surface area (Å²) in [5.41, 5.74) is 2.53. The maximum Gasteiger partial charge on any atom is 0.136 e. The van der Waals surface area contributed by atoms with Gasteiger partial charge in [0.1, 0.15) is 5.78 Å². The molecule has 19 heavy (non-hydrogen) atoms. The summed E-state index contributed by atoms with van der Waals surface area (Å²) in [6.07, 6.45) is 3.08. The molecular formula is C16H20O3. The minimum Gasteiger partial charge on any atom is -0.381 e. The topological polar surface area (TPSA) is 35.5 Å². The second-order valence-electron chi connectivity index (χ2n) is 5.48. The van der Waals surface area contributed by atoms with E-state index in [1.54, 1.807) is 0 Å². The third-order valence-electron chi connectivity index (χ3n) is 4.05. The van der Waals surface area contributed by atoms with Crippen LogP contribution in [0.2, 0.25) is 0 Å². The van der Waals surface area contributed by atoms with Crippen molar-refractivity contribution >= 4 is 5.78 Å².